The van der Waals surface area contributed by atoms with Gasteiger partial charge in [-0.1, -0.05) is 26.2 Å². The first-order valence-electron chi connectivity index (χ1n) is 8.46. The summed E-state index contributed by atoms with van der Waals surface area (Å²) in [6.45, 7) is 14.0. The summed E-state index contributed by atoms with van der Waals surface area (Å²) < 4.78 is 10.1. The Hall–Kier alpha value is -1.76. The molecule has 0 aliphatic rings. The van der Waals surface area contributed by atoms with Gasteiger partial charge in [0.25, 0.3) is 0 Å². The highest BCUT2D eigenvalue weighted by Crippen LogP contribution is 2.23. The lowest BCUT2D eigenvalue weighted by Crippen LogP contribution is -2.33. The normalized spacial score (nSPS) is 11.8. The molecule has 0 N–H and O–H groups in total. The molecule has 0 aromatic carbocycles. The van der Waals surface area contributed by atoms with Gasteiger partial charge in [0.1, 0.15) is 8.07 Å². The maximum atomic E-state index is 12.2. The van der Waals surface area contributed by atoms with Crippen molar-refractivity contribution < 1.29 is 19.1 Å². The minimum absolute atomic E-state index is 0.223. The monoisotopic (exact) mass is 350 g/mol. The third-order valence-electron chi connectivity index (χ3n) is 3.14. The van der Waals surface area contributed by atoms with Crippen LogP contribution in [0.4, 0.5) is 0 Å². The third-order valence-corrected chi connectivity index (χ3v) is 4.07. The SMILES string of the molecule is C=C=C[C@H](CCCC#C[Si](C)(C)C)C(C(=O)OCC)C(=O)OCC. The van der Waals surface area contributed by atoms with Crippen molar-refractivity contribution in [1.29, 1.82) is 0 Å². The smallest absolute Gasteiger partial charge is 0.320 e. The van der Waals surface area contributed by atoms with Crippen molar-refractivity contribution in [1.82, 2.24) is 0 Å². The van der Waals surface area contributed by atoms with E-state index in [0.717, 1.165) is 12.8 Å². The van der Waals surface area contributed by atoms with Crippen LogP contribution in [0.1, 0.15) is 33.1 Å². The van der Waals surface area contributed by atoms with E-state index in [0.29, 0.717) is 6.42 Å². The zero-order valence-corrected chi connectivity index (χ0v) is 16.6. The Balaban J connectivity index is 5.03. The molecule has 0 saturated carbocycles. The lowest BCUT2D eigenvalue weighted by Gasteiger charge is -2.20. The van der Waals surface area contributed by atoms with E-state index in [1.54, 1.807) is 19.9 Å². The van der Waals surface area contributed by atoms with Gasteiger partial charge in [0, 0.05) is 12.3 Å². The summed E-state index contributed by atoms with van der Waals surface area (Å²) in [7, 11) is -1.37. The molecule has 0 rings (SSSR count). The summed E-state index contributed by atoms with van der Waals surface area (Å²) in [4.78, 5) is 24.4. The Bertz CT molecular complexity index is 498. The van der Waals surface area contributed by atoms with E-state index in [-0.39, 0.29) is 19.1 Å². The number of carbonyl (C=O) groups is 2. The molecule has 134 valence electrons. The van der Waals surface area contributed by atoms with Crippen LogP contribution in [0.15, 0.2) is 18.4 Å². The van der Waals surface area contributed by atoms with Gasteiger partial charge in [0.05, 0.1) is 13.2 Å². The summed E-state index contributed by atoms with van der Waals surface area (Å²) in [5.74, 6) is 0.783. The number of esters is 2. The molecule has 5 heteroatoms. The van der Waals surface area contributed by atoms with Crippen LogP contribution in [0.25, 0.3) is 0 Å². The Morgan fingerprint density at radius 3 is 2.08 bits per heavy atom. The number of hydrogen-bond donors (Lipinski definition) is 0. The second-order valence-electron chi connectivity index (χ2n) is 6.46. The molecule has 0 aromatic rings. The molecule has 0 amide bonds. The van der Waals surface area contributed by atoms with Gasteiger partial charge in [-0.25, -0.2) is 0 Å². The molecule has 24 heavy (non-hydrogen) atoms. The van der Waals surface area contributed by atoms with Crippen molar-refractivity contribution in [2.45, 2.75) is 52.8 Å². The summed E-state index contributed by atoms with van der Waals surface area (Å²) >= 11 is 0. The van der Waals surface area contributed by atoms with E-state index in [9.17, 15) is 9.59 Å². The fraction of sp³-hybridized carbons (Fsp3) is 0.632. The van der Waals surface area contributed by atoms with Gasteiger partial charge in [-0.3, -0.25) is 9.59 Å². The van der Waals surface area contributed by atoms with Crippen molar-refractivity contribution in [3.8, 4) is 11.5 Å². The second kappa shape index (κ2) is 11.7. The Morgan fingerprint density at radius 1 is 1.12 bits per heavy atom. The van der Waals surface area contributed by atoms with Crippen molar-refractivity contribution >= 4 is 20.0 Å². The van der Waals surface area contributed by atoms with E-state index >= 15 is 0 Å². The molecule has 0 spiro atoms. The predicted molar refractivity (Wildman–Crippen MR) is 98.9 cm³/mol. The highest BCUT2D eigenvalue weighted by molar-refractivity contribution is 6.83. The topological polar surface area (TPSA) is 52.6 Å². The molecule has 0 aliphatic heterocycles. The molecule has 4 nitrogen and oxygen atoms in total. The molecular weight excluding hydrogens is 320 g/mol. The quantitative estimate of drug-likeness (QED) is 0.159. The molecule has 0 heterocycles. The maximum absolute atomic E-state index is 12.2. The molecule has 0 aromatic heterocycles. The molecular formula is C19H30O4Si. The van der Waals surface area contributed by atoms with Gasteiger partial charge in [-0.15, -0.1) is 17.2 Å². The van der Waals surface area contributed by atoms with Crippen LogP contribution in [0.3, 0.4) is 0 Å². The number of carbonyl (C=O) groups excluding carboxylic acids is 2. The van der Waals surface area contributed by atoms with Crippen molar-refractivity contribution in [2.24, 2.45) is 11.8 Å². The van der Waals surface area contributed by atoms with Crippen LogP contribution >= 0.6 is 0 Å². The maximum Gasteiger partial charge on any atom is 0.320 e. The Labute approximate surface area is 147 Å². The minimum Gasteiger partial charge on any atom is -0.465 e. The number of allylic oxidation sites excluding steroid dienone is 1. The molecule has 0 saturated heterocycles. The number of unbranched alkanes of at least 4 members (excludes halogenated alkanes) is 1. The molecule has 0 radical (unpaired) electrons. The number of ether oxygens (including phenoxy) is 2. The van der Waals surface area contributed by atoms with Gasteiger partial charge in [-0.05, 0) is 32.8 Å². The second-order valence-corrected chi connectivity index (χ2v) is 11.2. The summed E-state index contributed by atoms with van der Waals surface area (Å²) in [5.41, 5.74) is 6.00. The first-order chi connectivity index (χ1) is 11.3. The van der Waals surface area contributed by atoms with Crippen molar-refractivity contribution in [2.75, 3.05) is 13.2 Å². The molecule has 1 atom stereocenters. The van der Waals surface area contributed by atoms with Crippen LogP contribution in [-0.4, -0.2) is 33.2 Å². The zero-order valence-electron chi connectivity index (χ0n) is 15.6. The van der Waals surface area contributed by atoms with Crippen LogP contribution in [-0.2, 0) is 19.1 Å². The van der Waals surface area contributed by atoms with E-state index in [1.165, 1.54) is 0 Å². The van der Waals surface area contributed by atoms with E-state index in [1.807, 2.05) is 0 Å². The van der Waals surface area contributed by atoms with Gasteiger partial charge in [-0.2, -0.15) is 0 Å². The van der Waals surface area contributed by atoms with Gasteiger partial charge < -0.3 is 9.47 Å². The first-order valence-corrected chi connectivity index (χ1v) is 12.0. The summed E-state index contributed by atoms with van der Waals surface area (Å²) in [5, 5.41) is 0. The van der Waals surface area contributed by atoms with Gasteiger partial charge in [0.15, 0.2) is 5.92 Å². The summed E-state index contributed by atoms with van der Waals surface area (Å²) in [6.07, 6.45) is 3.81. The zero-order chi connectivity index (χ0) is 18.6. The number of hydrogen-bond acceptors (Lipinski definition) is 4. The fourth-order valence-electron chi connectivity index (χ4n) is 2.16. The van der Waals surface area contributed by atoms with E-state index in [2.05, 4.69) is 43.4 Å². The Kier molecular flexibility index (Phi) is 10.9. The average molecular weight is 351 g/mol. The number of rotatable bonds is 9. The van der Waals surface area contributed by atoms with Crippen LogP contribution in [0, 0.1) is 23.3 Å². The molecule has 0 aliphatic carbocycles. The lowest BCUT2D eigenvalue weighted by atomic mass is 9.87. The van der Waals surface area contributed by atoms with E-state index in [4.69, 9.17) is 9.47 Å². The van der Waals surface area contributed by atoms with Gasteiger partial charge in [0.2, 0.25) is 0 Å². The average Bonchev–Trinajstić information content (AvgIpc) is 2.46. The third kappa shape index (κ3) is 9.39. The predicted octanol–water partition coefficient (Wildman–Crippen LogP) is 3.74. The first kappa shape index (κ1) is 22.2. The van der Waals surface area contributed by atoms with Crippen LogP contribution in [0.2, 0.25) is 19.6 Å². The van der Waals surface area contributed by atoms with Crippen LogP contribution < -0.4 is 0 Å². The lowest BCUT2D eigenvalue weighted by molar-refractivity contribution is -0.163. The largest absolute Gasteiger partial charge is 0.465 e. The van der Waals surface area contributed by atoms with Crippen LogP contribution in [0.5, 0.6) is 0 Å². The molecule has 0 unspecified atom stereocenters. The molecule has 0 fully saturated rings. The van der Waals surface area contributed by atoms with E-state index < -0.39 is 25.9 Å². The fourth-order valence-corrected chi connectivity index (χ4v) is 2.82. The molecule has 0 bridgehead atoms. The minimum atomic E-state index is -1.37. The standard InChI is InChI=1S/C19H30O4Si/c1-7-13-16(14-11-10-12-15-24(4,5)6)17(18(20)22-8-2)19(21)23-9-3/h13,16-17H,1,8-11,14H2,2-6H3/t16-/m1/s1. The van der Waals surface area contributed by atoms with Crippen molar-refractivity contribution in [3.05, 3.63) is 18.4 Å². The van der Waals surface area contributed by atoms with Crippen molar-refractivity contribution in [3.63, 3.8) is 0 Å². The van der Waals surface area contributed by atoms with Gasteiger partial charge >= 0.3 is 11.9 Å². The summed E-state index contributed by atoms with van der Waals surface area (Å²) in [6, 6.07) is 0. The highest BCUT2D eigenvalue weighted by Gasteiger charge is 2.35. The highest BCUT2D eigenvalue weighted by atomic mass is 28.3. The Morgan fingerprint density at radius 2 is 1.67 bits per heavy atom.